The molecule has 3 heteroatoms. The average Bonchev–Trinajstić information content (AvgIpc) is 2.29. The summed E-state index contributed by atoms with van der Waals surface area (Å²) in [7, 11) is 2.14. The Bertz CT molecular complexity index is 246. The van der Waals surface area contributed by atoms with Crippen molar-refractivity contribution >= 4 is 5.91 Å². The molecular formula is C13H24N2O. The summed E-state index contributed by atoms with van der Waals surface area (Å²) in [6.45, 7) is 6.41. The highest BCUT2D eigenvalue weighted by atomic mass is 16.2. The molecule has 0 aromatic rings. The monoisotopic (exact) mass is 224 g/mol. The van der Waals surface area contributed by atoms with Gasteiger partial charge in [-0.1, -0.05) is 6.92 Å². The van der Waals surface area contributed by atoms with Gasteiger partial charge in [0.05, 0.1) is 0 Å². The van der Waals surface area contributed by atoms with E-state index in [0.29, 0.717) is 17.7 Å². The van der Waals surface area contributed by atoms with Crippen LogP contribution in [0.1, 0.15) is 32.6 Å². The quantitative estimate of drug-likeness (QED) is 0.675. The molecule has 0 N–H and O–H groups in total. The molecule has 2 fully saturated rings. The van der Waals surface area contributed by atoms with Gasteiger partial charge < -0.3 is 9.80 Å². The van der Waals surface area contributed by atoms with Crippen LogP contribution < -0.4 is 0 Å². The lowest BCUT2D eigenvalue weighted by Crippen LogP contribution is -2.45. The van der Waals surface area contributed by atoms with Crippen LogP contribution in [0.2, 0.25) is 0 Å². The molecule has 0 aromatic heterocycles. The van der Waals surface area contributed by atoms with Crippen molar-refractivity contribution in [3.63, 3.8) is 0 Å². The Balaban J connectivity index is 1.86. The fraction of sp³-hybridized carbons (Fsp3) is 0.923. The van der Waals surface area contributed by atoms with Crippen LogP contribution in [-0.4, -0.2) is 48.9 Å². The Hall–Kier alpha value is -0.570. The maximum absolute atomic E-state index is 12.3. The Morgan fingerprint density at radius 3 is 2.44 bits per heavy atom. The van der Waals surface area contributed by atoms with Crippen molar-refractivity contribution in [2.45, 2.75) is 32.6 Å². The summed E-state index contributed by atoms with van der Waals surface area (Å²) in [6, 6.07) is 0. The molecule has 3 nitrogen and oxygen atoms in total. The topological polar surface area (TPSA) is 23.6 Å². The molecule has 1 amide bonds. The minimum absolute atomic E-state index is 0.307. The molecule has 0 unspecified atom stereocenters. The summed E-state index contributed by atoms with van der Waals surface area (Å²) in [4.78, 5) is 16.8. The van der Waals surface area contributed by atoms with E-state index in [1.165, 1.54) is 12.8 Å². The third kappa shape index (κ3) is 2.76. The number of carbonyl (C=O) groups is 1. The first-order valence-electron chi connectivity index (χ1n) is 6.64. The van der Waals surface area contributed by atoms with E-state index in [1.54, 1.807) is 0 Å². The van der Waals surface area contributed by atoms with Gasteiger partial charge in [-0.2, -0.15) is 0 Å². The van der Waals surface area contributed by atoms with Gasteiger partial charge in [-0.3, -0.25) is 4.79 Å². The lowest BCUT2D eigenvalue weighted by Gasteiger charge is -2.36. The van der Waals surface area contributed by atoms with E-state index in [1.807, 2.05) is 0 Å². The van der Waals surface area contributed by atoms with Crippen LogP contribution in [0.4, 0.5) is 0 Å². The SMILES string of the molecule is C[C@H]1CCCN(C(=O)C2CCN(C)CC2)C1. The highest BCUT2D eigenvalue weighted by molar-refractivity contribution is 5.79. The second-order valence-corrected chi connectivity index (χ2v) is 5.61. The van der Waals surface area contributed by atoms with E-state index in [2.05, 4.69) is 23.8 Å². The number of hydrogen-bond acceptors (Lipinski definition) is 2. The fourth-order valence-electron chi connectivity index (χ4n) is 2.90. The van der Waals surface area contributed by atoms with Crippen molar-refractivity contribution in [3.05, 3.63) is 0 Å². The van der Waals surface area contributed by atoms with E-state index in [4.69, 9.17) is 0 Å². The summed E-state index contributed by atoms with van der Waals surface area (Å²) < 4.78 is 0. The van der Waals surface area contributed by atoms with E-state index in [-0.39, 0.29) is 0 Å². The van der Waals surface area contributed by atoms with Gasteiger partial charge >= 0.3 is 0 Å². The highest BCUT2D eigenvalue weighted by Gasteiger charge is 2.29. The average molecular weight is 224 g/mol. The van der Waals surface area contributed by atoms with Gasteiger partial charge in [0.25, 0.3) is 0 Å². The van der Waals surface area contributed by atoms with Gasteiger partial charge in [-0.25, -0.2) is 0 Å². The second-order valence-electron chi connectivity index (χ2n) is 5.61. The lowest BCUT2D eigenvalue weighted by molar-refractivity contribution is -0.138. The van der Waals surface area contributed by atoms with Crippen molar-refractivity contribution in [2.75, 3.05) is 33.2 Å². The molecule has 16 heavy (non-hydrogen) atoms. The van der Waals surface area contributed by atoms with E-state index in [0.717, 1.165) is 39.0 Å². The smallest absolute Gasteiger partial charge is 0.225 e. The van der Waals surface area contributed by atoms with Crippen molar-refractivity contribution < 1.29 is 4.79 Å². The Kier molecular flexibility index (Phi) is 3.85. The highest BCUT2D eigenvalue weighted by Crippen LogP contribution is 2.22. The molecule has 2 aliphatic rings. The van der Waals surface area contributed by atoms with Crippen LogP contribution in [0.3, 0.4) is 0 Å². The van der Waals surface area contributed by atoms with Crippen LogP contribution in [-0.2, 0) is 4.79 Å². The zero-order chi connectivity index (χ0) is 11.5. The summed E-state index contributed by atoms with van der Waals surface area (Å²) in [5.41, 5.74) is 0. The lowest BCUT2D eigenvalue weighted by atomic mass is 9.93. The van der Waals surface area contributed by atoms with Crippen LogP contribution in [0.15, 0.2) is 0 Å². The van der Waals surface area contributed by atoms with E-state index in [9.17, 15) is 4.79 Å². The molecule has 0 aromatic carbocycles. The Morgan fingerprint density at radius 1 is 1.12 bits per heavy atom. The molecule has 1 atom stereocenters. The molecule has 0 aliphatic carbocycles. The first kappa shape index (κ1) is 11.9. The number of hydrogen-bond donors (Lipinski definition) is 0. The first-order valence-corrected chi connectivity index (χ1v) is 6.64. The summed E-state index contributed by atoms with van der Waals surface area (Å²) in [5.74, 6) is 1.44. The first-order chi connectivity index (χ1) is 7.66. The molecule has 0 radical (unpaired) electrons. The molecule has 2 heterocycles. The third-order valence-electron chi connectivity index (χ3n) is 4.04. The number of carbonyl (C=O) groups excluding carboxylic acids is 1. The minimum atomic E-state index is 0.307. The summed E-state index contributed by atoms with van der Waals surface area (Å²) >= 11 is 0. The van der Waals surface area contributed by atoms with E-state index < -0.39 is 0 Å². The molecule has 0 spiro atoms. The fourth-order valence-corrected chi connectivity index (χ4v) is 2.90. The molecule has 2 saturated heterocycles. The van der Waals surface area contributed by atoms with Crippen LogP contribution >= 0.6 is 0 Å². The van der Waals surface area contributed by atoms with E-state index >= 15 is 0 Å². The number of rotatable bonds is 1. The normalized spacial score (nSPS) is 29.4. The van der Waals surface area contributed by atoms with Crippen LogP contribution in [0.25, 0.3) is 0 Å². The standard InChI is InChI=1S/C13H24N2O/c1-11-4-3-7-15(10-11)13(16)12-5-8-14(2)9-6-12/h11-12H,3-10H2,1-2H3/t11-/m0/s1. The number of nitrogens with zero attached hydrogens (tertiary/aromatic N) is 2. The van der Waals surface area contributed by atoms with Gasteiger partial charge in [-0.15, -0.1) is 0 Å². The predicted molar refractivity (Wildman–Crippen MR) is 65.2 cm³/mol. The van der Waals surface area contributed by atoms with Crippen LogP contribution in [0.5, 0.6) is 0 Å². The van der Waals surface area contributed by atoms with Gasteiger partial charge in [0.2, 0.25) is 5.91 Å². The molecule has 2 aliphatic heterocycles. The van der Waals surface area contributed by atoms with Crippen molar-refractivity contribution in [1.29, 1.82) is 0 Å². The van der Waals surface area contributed by atoms with Gasteiger partial charge in [0, 0.05) is 19.0 Å². The van der Waals surface area contributed by atoms with Crippen LogP contribution in [0, 0.1) is 11.8 Å². The third-order valence-corrected chi connectivity index (χ3v) is 4.04. The predicted octanol–water partition coefficient (Wildman–Crippen LogP) is 1.59. The number of likely N-dealkylation sites (tertiary alicyclic amines) is 2. The Labute approximate surface area is 98.8 Å². The molecule has 2 rings (SSSR count). The molecule has 0 saturated carbocycles. The maximum Gasteiger partial charge on any atom is 0.225 e. The molecule has 0 bridgehead atoms. The van der Waals surface area contributed by atoms with Gasteiger partial charge in [-0.05, 0) is 51.7 Å². The zero-order valence-electron chi connectivity index (χ0n) is 10.6. The second kappa shape index (κ2) is 5.17. The molecule has 92 valence electrons. The summed E-state index contributed by atoms with van der Waals surface area (Å²) in [5, 5.41) is 0. The zero-order valence-corrected chi connectivity index (χ0v) is 10.6. The Morgan fingerprint density at radius 2 is 1.81 bits per heavy atom. The molecular weight excluding hydrogens is 200 g/mol. The van der Waals surface area contributed by atoms with Gasteiger partial charge in [0.1, 0.15) is 0 Å². The van der Waals surface area contributed by atoms with Crippen molar-refractivity contribution in [1.82, 2.24) is 9.80 Å². The number of piperidine rings is 2. The minimum Gasteiger partial charge on any atom is -0.342 e. The largest absolute Gasteiger partial charge is 0.342 e. The van der Waals surface area contributed by atoms with Gasteiger partial charge in [0.15, 0.2) is 0 Å². The summed E-state index contributed by atoms with van der Waals surface area (Å²) in [6.07, 6.45) is 4.59. The van der Waals surface area contributed by atoms with Crippen molar-refractivity contribution in [3.8, 4) is 0 Å². The number of amides is 1. The van der Waals surface area contributed by atoms with Crippen molar-refractivity contribution in [2.24, 2.45) is 11.8 Å². The maximum atomic E-state index is 12.3.